The molecule has 0 unspecified atom stereocenters. The van der Waals surface area contributed by atoms with Gasteiger partial charge in [0.05, 0.1) is 0 Å². The third kappa shape index (κ3) is 5.37. The summed E-state index contributed by atoms with van der Waals surface area (Å²) in [6, 6.07) is 47.0. The van der Waals surface area contributed by atoms with Gasteiger partial charge in [0.15, 0.2) is 0 Å². The number of nitrogens with zero attached hydrogens (tertiary/aromatic N) is 1. The van der Waals surface area contributed by atoms with E-state index in [4.69, 9.17) is 0 Å². The zero-order valence-corrected chi connectivity index (χ0v) is 20.8. The van der Waals surface area contributed by atoms with E-state index in [1.54, 1.807) is 6.08 Å². The van der Waals surface area contributed by atoms with Crippen molar-refractivity contribution >= 4 is 22.6 Å². The molecule has 0 aliphatic heterocycles. The molecule has 0 spiro atoms. The van der Waals surface area contributed by atoms with Crippen LogP contribution in [-0.2, 0) is 0 Å². The lowest BCUT2D eigenvalue weighted by Crippen LogP contribution is -2.09. The predicted octanol–water partition coefficient (Wildman–Crippen LogP) is 10.2. The smallest absolute Gasteiger partial charge is 0.0462 e. The summed E-state index contributed by atoms with van der Waals surface area (Å²) in [6.45, 7) is 7.77. The fraction of sp³-hybridized carbons (Fsp3) is 0. The highest BCUT2D eigenvalue weighted by Gasteiger charge is 2.13. The Hall–Kier alpha value is -4.88. The van der Waals surface area contributed by atoms with Crippen LogP contribution in [0.1, 0.15) is 5.56 Å². The summed E-state index contributed by atoms with van der Waals surface area (Å²) in [6.07, 6.45) is 5.63. The predicted molar refractivity (Wildman–Crippen MR) is 160 cm³/mol. The van der Waals surface area contributed by atoms with Gasteiger partial charge >= 0.3 is 0 Å². The molecule has 0 aliphatic carbocycles. The lowest BCUT2D eigenvalue weighted by atomic mass is 10.0. The SMILES string of the molecule is C=C/C=C(\C=C)c1ccc(N(c2ccc(-c3ccccc3)cc2)c2ccc(-c3ccccc3)cc2)cc1. The van der Waals surface area contributed by atoms with E-state index in [2.05, 4.69) is 139 Å². The minimum atomic E-state index is 1.05. The second-order valence-corrected chi connectivity index (χ2v) is 8.77. The lowest BCUT2D eigenvalue weighted by molar-refractivity contribution is 1.28. The number of hydrogen-bond acceptors (Lipinski definition) is 1. The Morgan fingerprint density at radius 3 is 1.22 bits per heavy atom. The maximum absolute atomic E-state index is 3.95. The van der Waals surface area contributed by atoms with Crippen LogP contribution >= 0.6 is 0 Å². The fourth-order valence-electron chi connectivity index (χ4n) is 4.53. The van der Waals surface area contributed by atoms with Crippen LogP contribution in [-0.4, -0.2) is 0 Å². The highest BCUT2D eigenvalue weighted by atomic mass is 15.1. The van der Waals surface area contributed by atoms with E-state index in [0.29, 0.717) is 0 Å². The quantitative estimate of drug-likeness (QED) is 0.202. The first-order chi connectivity index (χ1) is 18.3. The molecule has 1 heteroatoms. The van der Waals surface area contributed by atoms with Gasteiger partial charge in [0.1, 0.15) is 0 Å². The number of hydrogen-bond donors (Lipinski definition) is 0. The molecule has 5 aromatic rings. The first kappa shape index (κ1) is 23.8. The summed E-state index contributed by atoms with van der Waals surface area (Å²) >= 11 is 0. The molecule has 0 radical (unpaired) electrons. The monoisotopic (exact) mass is 475 g/mol. The van der Waals surface area contributed by atoms with Gasteiger partial charge in [0, 0.05) is 17.1 Å². The molecule has 1 nitrogen and oxygen atoms in total. The van der Waals surface area contributed by atoms with Crippen LogP contribution in [0.2, 0.25) is 0 Å². The largest absolute Gasteiger partial charge is 0.311 e. The van der Waals surface area contributed by atoms with E-state index in [-0.39, 0.29) is 0 Å². The molecular weight excluding hydrogens is 446 g/mol. The second kappa shape index (κ2) is 11.2. The van der Waals surface area contributed by atoms with Crippen molar-refractivity contribution in [1.29, 1.82) is 0 Å². The average molecular weight is 476 g/mol. The molecule has 178 valence electrons. The van der Waals surface area contributed by atoms with E-state index in [1.165, 1.54) is 22.3 Å². The number of rotatable bonds is 8. The van der Waals surface area contributed by atoms with Crippen LogP contribution in [0.25, 0.3) is 27.8 Å². The molecule has 0 heterocycles. The van der Waals surface area contributed by atoms with Gasteiger partial charge in [-0.05, 0) is 69.8 Å². The van der Waals surface area contributed by atoms with E-state index in [0.717, 1.165) is 28.2 Å². The Kier molecular flexibility index (Phi) is 7.24. The number of benzene rings is 5. The fourth-order valence-corrected chi connectivity index (χ4v) is 4.53. The topological polar surface area (TPSA) is 3.24 Å². The Morgan fingerprint density at radius 1 is 0.459 bits per heavy atom. The van der Waals surface area contributed by atoms with Crippen LogP contribution < -0.4 is 4.90 Å². The third-order valence-corrected chi connectivity index (χ3v) is 6.44. The molecule has 5 rings (SSSR count). The second-order valence-electron chi connectivity index (χ2n) is 8.77. The molecule has 0 N–H and O–H groups in total. The maximum Gasteiger partial charge on any atom is 0.0462 e. The van der Waals surface area contributed by atoms with E-state index in [9.17, 15) is 0 Å². The molecular formula is C36H29N. The Morgan fingerprint density at radius 2 is 0.838 bits per heavy atom. The van der Waals surface area contributed by atoms with Gasteiger partial charge in [-0.15, -0.1) is 0 Å². The minimum absolute atomic E-state index is 1.05. The van der Waals surface area contributed by atoms with Crippen molar-refractivity contribution in [2.75, 3.05) is 4.90 Å². The van der Waals surface area contributed by atoms with Gasteiger partial charge in [0.25, 0.3) is 0 Å². The zero-order valence-electron chi connectivity index (χ0n) is 20.8. The molecule has 5 aromatic carbocycles. The average Bonchev–Trinajstić information content (AvgIpc) is 2.98. The zero-order chi connectivity index (χ0) is 25.5. The number of allylic oxidation sites excluding steroid dienone is 4. The Balaban J connectivity index is 1.54. The van der Waals surface area contributed by atoms with Crippen molar-refractivity contribution in [2.24, 2.45) is 0 Å². The highest BCUT2D eigenvalue weighted by Crippen LogP contribution is 2.37. The summed E-state index contributed by atoms with van der Waals surface area (Å²) in [5.74, 6) is 0. The molecule has 0 atom stereocenters. The van der Waals surface area contributed by atoms with Crippen molar-refractivity contribution in [1.82, 2.24) is 0 Å². The first-order valence-corrected chi connectivity index (χ1v) is 12.4. The van der Waals surface area contributed by atoms with Gasteiger partial charge in [-0.2, -0.15) is 0 Å². The Bertz CT molecular complexity index is 1410. The summed E-state index contributed by atoms with van der Waals surface area (Å²) in [5.41, 5.74) is 10.3. The van der Waals surface area contributed by atoms with Crippen LogP contribution in [0.4, 0.5) is 17.1 Å². The first-order valence-electron chi connectivity index (χ1n) is 12.4. The summed E-state index contributed by atoms with van der Waals surface area (Å²) in [4.78, 5) is 2.29. The molecule has 0 amide bonds. The van der Waals surface area contributed by atoms with Gasteiger partial charge in [0.2, 0.25) is 0 Å². The molecule has 0 bridgehead atoms. The molecule has 37 heavy (non-hydrogen) atoms. The Labute approximate surface area is 220 Å². The van der Waals surface area contributed by atoms with Crippen molar-refractivity contribution in [3.05, 3.63) is 170 Å². The van der Waals surface area contributed by atoms with E-state index >= 15 is 0 Å². The van der Waals surface area contributed by atoms with Gasteiger partial charge in [-0.3, -0.25) is 0 Å². The van der Waals surface area contributed by atoms with Crippen molar-refractivity contribution in [3.63, 3.8) is 0 Å². The van der Waals surface area contributed by atoms with E-state index < -0.39 is 0 Å². The normalized spacial score (nSPS) is 11.1. The van der Waals surface area contributed by atoms with Crippen molar-refractivity contribution in [2.45, 2.75) is 0 Å². The molecule has 0 saturated carbocycles. The molecule has 0 aliphatic rings. The summed E-state index contributed by atoms with van der Waals surface area (Å²) < 4.78 is 0. The molecule has 0 aromatic heterocycles. The van der Waals surface area contributed by atoms with E-state index in [1.807, 2.05) is 24.3 Å². The van der Waals surface area contributed by atoms with Crippen molar-refractivity contribution < 1.29 is 0 Å². The van der Waals surface area contributed by atoms with Gasteiger partial charge < -0.3 is 4.90 Å². The highest BCUT2D eigenvalue weighted by molar-refractivity contribution is 5.82. The van der Waals surface area contributed by atoms with Crippen LogP contribution in [0.3, 0.4) is 0 Å². The van der Waals surface area contributed by atoms with Gasteiger partial charge in [-0.25, -0.2) is 0 Å². The summed E-state index contributed by atoms with van der Waals surface area (Å²) in [5, 5.41) is 0. The van der Waals surface area contributed by atoms with Crippen LogP contribution in [0, 0.1) is 0 Å². The lowest BCUT2D eigenvalue weighted by Gasteiger charge is -2.26. The molecule has 0 fully saturated rings. The van der Waals surface area contributed by atoms with Crippen LogP contribution in [0.5, 0.6) is 0 Å². The number of anilines is 3. The molecule has 0 saturated heterocycles. The third-order valence-electron chi connectivity index (χ3n) is 6.44. The summed E-state index contributed by atoms with van der Waals surface area (Å²) in [7, 11) is 0. The van der Waals surface area contributed by atoms with Crippen molar-refractivity contribution in [3.8, 4) is 22.3 Å². The minimum Gasteiger partial charge on any atom is -0.311 e. The van der Waals surface area contributed by atoms with Gasteiger partial charge in [-0.1, -0.05) is 128 Å². The maximum atomic E-state index is 3.95. The van der Waals surface area contributed by atoms with Crippen LogP contribution in [0.15, 0.2) is 165 Å². The standard InChI is InChI=1S/C36H29N/c1-3-11-28(4-2)31-16-22-34(23-17-31)37(35-24-18-32(19-25-35)29-12-7-5-8-13-29)36-26-20-33(21-27-36)30-14-9-6-10-15-30/h3-27H,1-2H2/b28-11+.